The summed E-state index contributed by atoms with van der Waals surface area (Å²) in [5.41, 5.74) is 0. The number of unbranched alkanes of at least 4 members (excludes halogenated alkanes) is 11. The Morgan fingerprint density at radius 3 is 1.24 bits per heavy atom. The van der Waals surface area contributed by atoms with Crippen LogP contribution in [0.5, 0.6) is 0 Å². The van der Waals surface area contributed by atoms with Gasteiger partial charge in [0, 0.05) is 0 Å². The van der Waals surface area contributed by atoms with Crippen LogP contribution in [0.2, 0.25) is 3.67 Å². The van der Waals surface area contributed by atoms with Crippen molar-refractivity contribution in [3.8, 4) is 0 Å². The van der Waals surface area contributed by atoms with Gasteiger partial charge in [-0.3, -0.25) is 9.11 Å². The first kappa shape index (κ1) is 28.1. The van der Waals surface area contributed by atoms with Crippen molar-refractivity contribution in [2.24, 2.45) is 5.92 Å². The molecule has 1 unspecified atom stereocenters. The van der Waals surface area contributed by atoms with Gasteiger partial charge in [0.05, 0.1) is 0 Å². The molecule has 6 heteroatoms. The predicted octanol–water partition coefficient (Wildman–Crippen LogP) is 6.43. The Bertz CT molecular complexity index is 339. The van der Waals surface area contributed by atoms with E-state index in [9.17, 15) is 0 Å². The Morgan fingerprint density at radius 2 is 0.960 bits per heavy atom. The van der Waals surface area contributed by atoms with Crippen LogP contribution in [0.1, 0.15) is 110 Å². The summed E-state index contributed by atoms with van der Waals surface area (Å²) in [7, 11) is -4.67. The van der Waals surface area contributed by atoms with Gasteiger partial charge in [-0.2, -0.15) is 8.42 Å². The molecule has 0 heterocycles. The molecule has 4 nitrogen and oxygen atoms in total. The molecule has 0 bridgehead atoms. The Kier molecular flexibility index (Phi) is 23.8. The van der Waals surface area contributed by atoms with Gasteiger partial charge >= 0.3 is 158 Å². The van der Waals surface area contributed by atoms with Crippen LogP contribution in [0.25, 0.3) is 0 Å². The number of rotatable bonds is 16. The van der Waals surface area contributed by atoms with Crippen molar-refractivity contribution in [2.45, 2.75) is 114 Å². The van der Waals surface area contributed by atoms with E-state index in [2.05, 4.69) is 13.8 Å². The van der Waals surface area contributed by atoms with E-state index in [1.165, 1.54) is 124 Å². The van der Waals surface area contributed by atoms with Gasteiger partial charge in [-0.15, -0.1) is 0 Å². The molecule has 1 atom stereocenters. The fourth-order valence-corrected chi connectivity index (χ4v) is 3.97. The zero-order valence-corrected chi connectivity index (χ0v) is 19.8. The number of hydrogen-bond acceptors (Lipinski definition) is 2. The monoisotopic (exact) mass is 388 g/mol. The first-order chi connectivity index (χ1) is 11.8. The van der Waals surface area contributed by atoms with Crippen LogP contribution in [0.4, 0.5) is 0 Å². The quantitative estimate of drug-likeness (QED) is 0.181. The van der Waals surface area contributed by atoms with Crippen molar-refractivity contribution in [3.05, 3.63) is 0 Å². The van der Waals surface area contributed by atoms with Crippen molar-refractivity contribution in [2.75, 3.05) is 0 Å². The van der Waals surface area contributed by atoms with E-state index in [0.717, 1.165) is 5.92 Å². The van der Waals surface area contributed by atoms with Crippen LogP contribution in [0.15, 0.2) is 0 Å². The SMILES string of the molecule is CCCCCCCCCC([CH2][Na])CCCCCCCC.O=S(=O)(O)O. The van der Waals surface area contributed by atoms with Gasteiger partial charge in [0.15, 0.2) is 0 Å². The van der Waals surface area contributed by atoms with Crippen molar-refractivity contribution in [1.82, 2.24) is 0 Å². The third-order valence-corrected chi connectivity index (χ3v) is 5.91. The Hall–Kier alpha value is 0.870. The largest absolute Gasteiger partial charge is 0.394 e. The van der Waals surface area contributed by atoms with Gasteiger partial charge in [0.1, 0.15) is 0 Å². The van der Waals surface area contributed by atoms with E-state index in [4.69, 9.17) is 17.5 Å². The van der Waals surface area contributed by atoms with E-state index in [1.54, 1.807) is 3.67 Å². The summed E-state index contributed by atoms with van der Waals surface area (Å²) in [6.07, 6.45) is 22.1. The van der Waals surface area contributed by atoms with E-state index in [1.807, 2.05) is 0 Å². The van der Waals surface area contributed by atoms with E-state index >= 15 is 0 Å². The maximum Gasteiger partial charge on any atom is 0.394 e. The molecule has 0 aromatic carbocycles. The minimum absolute atomic E-state index is 1.09. The average molecular weight is 389 g/mol. The standard InChI is InChI=1S/C19H39.Na.H2O4S/c1-4-6-8-10-12-14-16-18-19(3)17-15-13-11-9-7-5-2;;1-5(2,3)4/h19H,3-18H2,1-2H3;;(H2,1,2,3,4). The minimum Gasteiger partial charge on any atom is -0.264 e. The summed E-state index contributed by atoms with van der Waals surface area (Å²) in [5, 5.41) is 0. The molecule has 0 amide bonds. The second-order valence-electron chi connectivity index (χ2n) is 7.19. The molecule has 0 rings (SSSR count). The fraction of sp³-hybridized carbons (Fsp3) is 1.00. The normalized spacial score (nSPS) is 12.6. The second kappa shape index (κ2) is 21.2. The van der Waals surface area contributed by atoms with Crippen molar-refractivity contribution >= 4 is 38.3 Å². The maximum atomic E-state index is 8.74. The van der Waals surface area contributed by atoms with Crippen molar-refractivity contribution < 1.29 is 17.5 Å². The third kappa shape index (κ3) is 32.9. The molecule has 0 aromatic rings. The molecule has 0 fully saturated rings. The molecule has 0 aliphatic rings. The topological polar surface area (TPSA) is 74.6 Å². The molecular weight excluding hydrogens is 347 g/mol. The second-order valence-corrected chi connectivity index (χ2v) is 8.90. The first-order valence-corrected chi connectivity index (χ1v) is 13.4. The van der Waals surface area contributed by atoms with Gasteiger partial charge in [0.2, 0.25) is 0 Å². The Labute approximate surface area is 174 Å². The van der Waals surface area contributed by atoms with Crippen LogP contribution in [0, 0.1) is 5.92 Å². The molecule has 0 aromatic heterocycles. The summed E-state index contributed by atoms with van der Waals surface area (Å²) in [6, 6.07) is 0. The van der Waals surface area contributed by atoms with Gasteiger partial charge < -0.3 is 0 Å². The molecule has 0 aliphatic heterocycles. The van der Waals surface area contributed by atoms with Crippen LogP contribution >= 0.6 is 0 Å². The van der Waals surface area contributed by atoms with Gasteiger partial charge in [0.25, 0.3) is 0 Å². The summed E-state index contributed by atoms with van der Waals surface area (Å²) in [4.78, 5) is 0. The molecule has 0 saturated heterocycles. The van der Waals surface area contributed by atoms with Crippen molar-refractivity contribution in [1.29, 1.82) is 0 Å². The van der Waals surface area contributed by atoms with E-state index in [-0.39, 0.29) is 0 Å². The van der Waals surface area contributed by atoms with Crippen LogP contribution < -0.4 is 0 Å². The Morgan fingerprint density at radius 1 is 0.680 bits per heavy atom. The third-order valence-electron chi connectivity index (χ3n) is 4.76. The first-order valence-electron chi connectivity index (χ1n) is 10.5. The molecule has 148 valence electrons. The molecule has 25 heavy (non-hydrogen) atoms. The minimum atomic E-state index is -4.67. The van der Waals surface area contributed by atoms with Gasteiger partial charge in [-0.05, 0) is 0 Å². The molecule has 2 N–H and O–H groups in total. The summed E-state index contributed by atoms with van der Waals surface area (Å²) in [6.45, 7) is 4.61. The molecule has 0 aliphatic carbocycles. The molecule has 0 radical (unpaired) electrons. The van der Waals surface area contributed by atoms with E-state index in [0.29, 0.717) is 0 Å². The summed E-state index contributed by atoms with van der Waals surface area (Å²) >= 11 is 1.41. The van der Waals surface area contributed by atoms with Crippen LogP contribution in [0.3, 0.4) is 0 Å². The molecule has 0 spiro atoms. The summed E-state index contributed by atoms with van der Waals surface area (Å²) < 4.78 is 33.1. The smallest absolute Gasteiger partial charge is 0.264 e. The average Bonchev–Trinajstić information content (AvgIpc) is 2.53. The number of hydrogen-bond donors (Lipinski definition) is 2. The zero-order valence-electron chi connectivity index (χ0n) is 17.0. The zero-order chi connectivity index (χ0) is 19.4. The molecule has 0 saturated carbocycles. The van der Waals surface area contributed by atoms with Gasteiger partial charge in [-0.1, -0.05) is 0 Å². The molecular formula is C19H41NaO4S. The van der Waals surface area contributed by atoms with E-state index < -0.39 is 10.4 Å². The van der Waals surface area contributed by atoms with Gasteiger partial charge in [-0.25, -0.2) is 0 Å². The van der Waals surface area contributed by atoms with Crippen molar-refractivity contribution in [3.63, 3.8) is 0 Å². The Balaban J connectivity index is 0. The van der Waals surface area contributed by atoms with Crippen LogP contribution in [-0.2, 0) is 10.4 Å². The fourth-order valence-electron chi connectivity index (χ4n) is 3.16. The predicted molar refractivity (Wildman–Crippen MR) is 109 cm³/mol. The maximum absolute atomic E-state index is 8.74. The van der Waals surface area contributed by atoms with Crippen LogP contribution in [-0.4, -0.2) is 45.5 Å². The summed E-state index contributed by atoms with van der Waals surface area (Å²) in [5.74, 6) is 1.09.